The highest BCUT2D eigenvalue weighted by Gasteiger charge is 2.22. The number of hydrogen-bond donors (Lipinski definition) is 0. The fraction of sp³-hybridized carbons (Fsp3) is 0.214. The van der Waals surface area contributed by atoms with Crippen LogP contribution in [0.2, 0.25) is 0 Å². The molecule has 0 fully saturated rings. The summed E-state index contributed by atoms with van der Waals surface area (Å²) in [5, 5.41) is -0.437. The smallest absolute Gasteiger partial charge is 0.129 e. The van der Waals surface area contributed by atoms with Gasteiger partial charge in [0.25, 0.3) is 0 Å². The molecule has 0 aliphatic carbocycles. The Morgan fingerprint density at radius 3 is 2.67 bits per heavy atom. The van der Waals surface area contributed by atoms with E-state index >= 15 is 0 Å². The molecule has 4 heteroatoms. The van der Waals surface area contributed by atoms with Gasteiger partial charge < -0.3 is 0 Å². The van der Waals surface area contributed by atoms with E-state index in [4.69, 9.17) is 11.6 Å². The Hall–Kier alpha value is -0.930. The summed E-state index contributed by atoms with van der Waals surface area (Å²) in [7, 11) is 0. The lowest BCUT2D eigenvalue weighted by atomic mass is 9.96. The van der Waals surface area contributed by atoms with E-state index in [2.05, 4.69) is 20.9 Å². The van der Waals surface area contributed by atoms with Crippen LogP contribution in [0.3, 0.4) is 0 Å². The van der Waals surface area contributed by atoms with Gasteiger partial charge >= 0.3 is 0 Å². The van der Waals surface area contributed by atoms with Crippen molar-refractivity contribution < 1.29 is 4.39 Å². The van der Waals surface area contributed by atoms with Crippen LogP contribution in [0.15, 0.2) is 47.1 Å². The molecule has 2 unspecified atom stereocenters. The average molecular weight is 329 g/mol. The zero-order valence-corrected chi connectivity index (χ0v) is 12.1. The van der Waals surface area contributed by atoms with Crippen molar-refractivity contribution in [3.05, 3.63) is 64.1 Å². The predicted octanol–water partition coefficient (Wildman–Crippen LogP) is 5.07. The van der Waals surface area contributed by atoms with Gasteiger partial charge in [-0.15, -0.1) is 11.6 Å². The maximum atomic E-state index is 13.8. The van der Waals surface area contributed by atoms with Gasteiger partial charge in [0.1, 0.15) is 5.82 Å². The third-order valence-electron chi connectivity index (χ3n) is 2.85. The molecule has 0 amide bonds. The highest BCUT2D eigenvalue weighted by atomic mass is 79.9. The molecule has 0 bridgehead atoms. The third-order valence-corrected chi connectivity index (χ3v) is 3.96. The summed E-state index contributed by atoms with van der Waals surface area (Å²) in [6.45, 7) is 1.95. The molecule has 94 valence electrons. The minimum atomic E-state index is -0.437. The van der Waals surface area contributed by atoms with Crippen LogP contribution >= 0.6 is 27.5 Å². The van der Waals surface area contributed by atoms with Gasteiger partial charge in [-0.25, -0.2) is 4.39 Å². The zero-order chi connectivity index (χ0) is 13.1. The molecule has 1 aromatic heterocycles. The van der Waals surface area contributed by atoms with Crippen LogP contribution in [-0.4, -0.2) is 4.98 Å². The molecule has 18 heavy (non-hydrogen) atoms. The summed E-state index contributed by atoms with van der Waals surface area (Å²) in [5.41, 5.74) is 1.36. The van der Waals surface area contributed by atoms with Crippen LogP contribution in [0.4, 0.5) is 4.39 Å². The summed E-state index contributed by atoms with van der Waals surface area (Å²) in [6.07, 6.45) is 1.72. The highest BCUT2D eigenvalue weighted by molar-refractivity contribution is 9.10. The number of halogens is 3. The number of rotatable bonds is 3. The Kier molecular flexibility index (Phi) is 4.36. The van der Waals surface area contributed by atoms with Gasteiger partial charge in [0.15, 0.2) is 0 Å². The van der Waals surface area contributed by atoms with E-state index in [0.717, 1.165) is 5.69 Å². The number of aromatic nitrogens is 1. The first kappa shape index (κ1) is 13.5. The maximum Gasteiger partial charge on any atom is 0.129 e. The molecule has 0 saturated carbocycles. The van der Waals surface area contributed by atoms with Gasteiger partial charge in [-0.2, -0.15) is 0 Å². The van der Waals surface area contributed by atoms with E-state index in [9.17, 15) is 4.39 Å². The second-order valence-corrected chi connectivity index (χ2v) is 5.50. The third kappa shape index (κ3) is 2.90. The lowest BCUT2D eigenvalue weighted by Gasteiger charge is -2.18. The number of nitrogens with zero attached hydrogens (tertiary/aromatic N) is 1. The van der Waals surface area contributed by atoms with Crippen LogP contribution in [0.25, 0.3) is 0 Å². The number of hydrogen-bond acceptors (Lipinski definition) is 1. The van der Waals surface area contributed by atoms with E-state index in [-0.39, 0.29) is 11.7 Å². The van der Waals surface area contributed by atoms with E-state index < -0.39 is 5.38 Å². The molecule has 0 aliphatic rings. The first-order valence-corrected chi connectivity index (χ1v) is 6.82. The highest BCUT2D eigenvalue weighted by Crippen LogP contribution is 2.36. The fourth-order valence-electron chi connectivity index (χ4n) is 1.79. The fourth-order valence-corrected chi connectivity index (χ4v) is 2.43. The summed E-state index contributed by atoms with van der Waals surface area (Å²) in [6, 6.07) is 10.6. The summed E-state index contributed by atoms with van der Waals surface area (Å²) < 4.78 is 14.5. The van der Waals surface area contributed by atoms with Crippen LogP contribution in [0.5, 0.6) is 0 Å². The maximum absolute atomic E-state index is 13.8. The minimum Gasteiger partial charge on any atom is -0.261 e. The lowest BCUT2D eigenvalue weighted by Crippen LogP contribution is -2.06. The SMILES string of the molecule is CC(c1ccccn1)C(Cl)c1ccc(Br)cc1F. The van der Waals surface area contributed by atoms with E-state index in [1.807, 2.05) is 25.1 Å². The Morgan fingerprint density at radius 2 is 2.06 bits per heavy atom. The molecule has 1 aromatic carbocycles. The minimum absolute atomic E-state index is 0.0523. The standard InChI is InChI=1S/C14H12BrClFN/c1-9(13-4-2-3-7-18-13)14(16)11-6-5-10(15)8-12(11)17/h2-9,14H,1H3. The van der Waals surface area contributed by atoms with Crippen molar-refractivity contribution in [3.8, 4) is 0 Å². The molecule has 2 rings (SSSR count). The molecule has 0 N–H and O–H groups in total. The molecule has 1 nitrogen and oxygen atoms in total. The Labute approximate surface area is 119 Å². The second-order valence-electron chi connectivity index (χ2n) is 4.11. The van der Waals surface area contributed by atoms with Gasteiger partial charge in [0.2, 0.25) is 0 Å². The quantitative estimate of drug-likeness (QED) is 0.717. The normalized spacial score (nSPS) is 14.2. The van der Waals surface area contributed by atoms with E-state index in [1.54, 1.807) is 18.3 Å². The largest absolute Gasteiger partial charge is 0.261 e. The molecule has 0 aliphatic heterocycles. The first-order valence-electron chi connectivity index (χ1n) is 5.59. The van der Waals surface area contributed by atoms with Gasteiger partial charge in [0, 0.05) is 27.8 Å². The van der Waals surface area contributed by atoms with Crippen molar-refractivity contribution in [1.29, 1.82) is 0 Å². The summed E-state index contributed by atoms with van der Waals surface area (Å²) in [4.78, 5) is 4.26. The molecular weight excluding hydrogens is 317 g/mol. The Balaban J connectivity index is 2.28. The van der Waals surface area contributed by atoms with Crippen molar-refractivity contribution >= 4 is 27.5 Å². The molecule has 2 atom stereocenters. The first-order chi connectivity index (χ1) is 8.59. The van der Waals surface area contributed by atoms with Gasteiger partial charge in [0.05, 0.1) is 5.38 Å². The van der Waals surface area contributed by atoms with Crippen LogP contribution < -0.4 is 0 Å². The molecule has 2 aromatic rings. The van der Waals surface area contributed by atoms with Crippen molar-refractivity contribution in [3.63, 3.8) is 0 Å². The van der Waals surface area contributed by atoms with Crippen LogP contribution in [-0.2, 0) is 0 Å². The van der Waals surface area contributed by atoms with Crippen molar-refractivity contribution in [2.24, 2.45) is 0 Å². The average Bonchev–Trinajstić information content (AvgIpc) is 2.38. The van der Waals surface area contributed by atoms with Crippen molar-refractivity contribution in [2.75, 3.05) is 0 Å². The number of benzene rings is 1. The van der Waals surface area contributed by atoms with Crippen molar-refractivity contribution in [2.45, 2.75) is 18.2 Å². The zero-order valence-electron chi connectivity index (χ0n) is 9.78. The monoisotopic (exact) mass is 327 g/mol. The van der Waals surface area contributed by atoms with Gasteiger partial charge in [-0.05, 0) is 24.3 Å². The predicted molar refractivity (Wildman–Crippen MR) is 75.3 cm³/mol. The summed E-state index contributed by atoms with van der Waals surface area (Å²) in [5.74, 6) is -0.351. The number of alkyl halides is 1. The molecule has 0 saturated heterocycles. The van der Waals surface area contributed by atoms with E-state index in [1.165, 1.54) is 6.07 Å². The summed E-state index contributed by atoms with van der Waals surface area (Å²) >= 11 is 9.59. The second kappa shape index (κ2) is 5.81. The molecule has 0 radical (unpaired) electrons. The van der Waals surface area contributed by atoms with Crippen LogP contribution in [0.1, 0.15) is 29.5 Å². The lowest BCUT2D eigenvalue weighted by molar-refractivity contribution is 0.588. The molecular formula is C14H12BrClFN. The van der Waals surface area contributed by atoms with Gasteiger partial charge in [-0.1, -0.05) is 35.0 Å². The van der Waals surface area contributed by atoms with Gasteiger partial charge in [-0.3, -0.25) is 4.98 Å². The Morgan fingerprint density at radius 1 is 1.28 bits per heavy atom. The topological polar surface area (TPSA) is 12.9 Å². The van der Waals surface area contributed by atoms with E-state index in [0.29, 0.717) is 10.0 Å². The van der Waals surface area contributed by atoms with Crippen LogP contribution in [0, 0.1) is 5.82 Å². The molecule has 1 heterocycles. The van der Waals surface area contributed by atoms with Crippen molar-refractivity contribution in [1.82, 2.24) is 4.98 Å². The Bertz CT molecular complexity index is 533. The number of pyridine rings is 1. The molecule has 0 spiro atoms.